The summed E-state index contributed by atoms with van der Waals surface area (Å²) in [6.45, 7) is 13.7. The standard InChI is InChI=1S/C25H31N2O.C18H17N2.Ir/c1-4-5-6-7-8-12-17-28-23-18-20(2)24(21(3)19-23)27-16-15-26-25(27)22-13-10-9-11-14-22;1-13-11-14(2)17(15(3)12-13)20-10-9-19-18(20)16-7-5-4-6-8-16;/h9-11,13,15-16,18-19H,4-8,12,17H2,1-3H3;4-7,9-12H,1-3H3;/q2*-1;. The minimum atomic E-state index is 0. The molecule has 0 aliphatic carbocycles. The summed E-state index contributed by atoms with van der Waals surface area (Å²) >= 11 is 0. The van der Waals surface area contributed by atoms with Gasteiger partial charge < -0.3 is 13.9 Å². The van der Waals surface area contributed by atoms with E-state index in [4.69, 9.17) is 4.74 Å². The number of aryl methyl sites for hydroxylation is 5. The Kier molecular flexibility index (Phi) is 14.2. The molecule has 0 saturated heterocycles. The van der Waals surface area contributed by atoms with Gasteiger partial charge in [0, 0.05) is 56.3 Å². The van der Waals surface area contributed by atoms with Crippen molar-refractivity contribution in [2.24, 2.45) is 0 Å². The topological polar surface area (TPSA) is 44.9 Å². The molecule has 0 fully saturated rings. The molecule has 0 aliphatic heterocycles. The van der Waals surface area contributed by atoms with Gasteiger partial charge in [-0.05, 0) is 75.4 Å². The molecule has 6 heteroatoms. The van der Waals surface area contributed by atoms with E-state index in [-0.39, 0.29) is 20.1 Å². The number of hydrogen-bond donors (Lipinski definition) is 0. The maximum Gasteiger partial charge on any atom is 0.119 e. The normalized spacial score (nSPS) is 10.7. The number of rotatable bonds is 12. The number of hydrogen-bond acceptors (Lipinski definition) is 3. The van der Waals surface area contributed by atoms with Crippen LogP contribution < -0.4 is 4.74 Å². The van der Waals surface area contributed by atoms with Crippen LogP contribution in [-0.2, 0) is 20.1 Å². The van der Waals surface area contributed by atoms with Crippen molar-refractivity contribution in [1.29, 1.82) is 0 Å². The molecule has 1 radical (unpaired) electrons. The second kappa shape index (κ2) is 18.5. The second-order valence-corrected chi connectivity index (χ2v) is 12.6. The van der Waals surface area contributed by atoms with Gasteiger partial charge in [0.15, 0.2) is 0 Å². The van der Waals surface area contributed by atoms with Crippen LogP contribution in [-0.4, -0.2) is 25.7 Å². The van der Waals surface area contributed by atoms with E-state index in [0.717, 1.165) is 47.2 Å². The Balaban J connectivity index is 0.000000227. The van der Waals surface area contributed by atoms with Crippen LogP contribution in [0.4, 0.5) is 0 Å². The third kappa shape index (κ3) is 9.68. The first-order valence-electron chi connectivity index (χ1n) is 17.2. The predicted molar refractivity (Wildman–Crippen MR) is 198 cm³/mol. The minimum absolute atomic E-state index is 0. The molecule has 0 N–H and O–H groups in total. The van der Waals surface area contributed by atoms with E-state index in [2.05, 4.69) is 97.0 Å². The van der Waals surface area contributed by atoms with Gasteiger partial charge in [-0.3, -0.25) is 9.97 Å². The predicted octanol–water partition coefficient (Wildman–Crippen LogP) is 11.0. The van der Waals surface area contributed by atoms with Crippen LogP contribution >= 0.6 is 0 Å². The first kappa shape index (κ1) is 37.6. The molecule has 5 nitrogen and oxygen atoms in total. The summed E-state index contributed by atoms with van der Waals surface area (Å²) in [7, 11) is 0. The summed E-state index contributed by atoms with van der Waals surface area (Å²) in [6.07, 6.45) is 15.4. The van der Waals surface area contributed by atoms with Crippen LogP contribution in [0, 0.1) is 46.8 Å². The number of unbranched alkanes of at least 4 members (excludes halogenated alkanes) is 5. The molecule has 0 bridgehead atoms. The van der Waals surface area contributed by atoms with Crippen LogP contribution in [0.25, 0.3) is 34.2 Å². The van der Waals surface area contributed by atoms with E-state index >= 15 is 0 Å². The van der Waals surface area contributed by atoms with Gasteiger partial charge in [0.25, 0.3) is 0 Å². The second-order valence-electron chi connectivity index (χ2n) is 12.6. The Labute approximate surface area is 306 Å². The van der Waals surface area contributed by atoms with Gasteiger partial charge in [-0.15, -0.1) is 71.8 Å². The van der Waals surface area contributed by atoms with Gasteiger partial charge in [-0.2, -0.15) is 0 Å². The molecule has 257 valence electrons. The molecule has 2 heterocycles. The SMILES string of the molecule is CCCCCCCCOc1cc(C)c(-n2ccnc2-c2[c-]cccc2)c(C)c1.Cc1cc(C)c(-n2ccnc2-c2[c-]cccc2)c(C)c1.[Ir]. The molecule has 0 saturated carbocycles. The van der Waals surface area contributed by atoms with Gasteiger partial charge in [0.2, 0.25) is 0 Å². The van der Waals surface area contributed by atoms with Crippen molar-refractivity contribution in [3.8, 4) is 39.9 Å². The summed E-state index contributed by atoms with van der Waals surface area (Å²) < 4.78 is 10.3. The van der Waals surface area contributed by atoms with Gasteiger partial charge in [-0.25, -0.2) is 0 Å². The Bertz CT molecular complexity index is 1850. The zero-order chi connectivity index (χ0) is 33.9. The molecular weight excluding hydrogens is 781 g/mol. The van der Waals surface area contributed by atoms with E-state index in [9.17, 15) is 0 Å². The molecular formula is C43H48IrN4O-2. The first-order valence-corrected chi connectivity index (χ1v) is 17.2. The van der Waals surface area contributed by atoms with E-state index < -0.39 is 0 Å². The molecule has 0 atom stereocenters. The van der Waals surface area contributed by atoms with Crippen LogP contribution in [0.5, 0.6) is 5.75 Å². The maximum absolute atomic E-state index is 6.03. The van der Waals surface area contributed by atoms with Crippen molar-refractivity contribution in [2.45, 2.75) is 80.1 Å². The maximum atomic E-state index is 6.03. The molecule has 0 amide bonds. The smallest absolute Gasteiger partial charge is 0.119 e. The quantitative estimate of drug-likeness (QED) is 0.0912. The van der Waals surface area contributed by atoms with Gasteiger partial charge >= 0.3 is 0 Å². The molecule has 0 spiro atoms. The van der Waals surface area contributed by atoms with E-state index in [1.807, 2.05) is 73.3 Å². The Morgan fingerprint density at radius 3 is 1.55 bits per heavy atom. The fraction of sp³-hybridized carbons (Fsp3) is 0.302. The van der Waals surface area contributed by atoms with Crippen LogP contribution in [0.1, 0.15) is 73.3 Å². The Morgan fingerprint density at radius 2 is 1.08 bits per heavy atom. The number of ether oxygens (including phenoxy) is 1. The molecule has 6 rings (SSSR count). The van der Waals surface area contributed by atoms with Crippen LogP contribution in [0.2, 0.25) is 0 Å². The summed E-state index contributed by atoms with van der Waals surface area (Å²) in [5.74, 6) is 2.80. The summed E-state index contributed by atoms with van der Waals surface area (Å²) in [4.78, 5) is 9.06. The average molecular weight is 829 g/mol. The van der Waals surface area contributed by atoms with Crippen molar-refractivity contribution in [3.05, 3.63) is 138 Å². The molecule has 4 aromatic carbocycles. The van der Waals surface area contributed by atoms with Crippen molar-refractivity contribution in [2.75, 3.05) is 6.61 Å². The average Bonchev–Trinajstić information content (AvgIpc) is 3.76. The first-order chi connectivity index (χ1) is 23.4. The van der Waals surface area contributed by atoms with Gasteiger partial charge in [0.05, 0.1) is 18.3 Å². The molecule has 0 unspecified atom stereocenters. The largest absolute Gasteiger partial charge is 0.494 e. The molecule has 0 aliphatic rings. The van der Waals surface area contributed by atoms with Crippen LogP contribution in [0.15, 0.2) is 97.6 Å². The molecule has 2 aromatic heterocycles. The van der Waals surface area contributed by atoms with Crippen molar-refractivity contribution < 1.29 is 24.8 Å². The number of aromatic nitrogens is 4. The zero-order valence-corrected chi connectivity index (χ0v) is 32.1. The van der Waals surface area contributed by atoms with Crippen LogP contribution in [0.3, 0.4) is 0 Å². The summed E-state index contributed by atoms with van der Waals surface area (Å²) in [6, 6.07) is 31.1. The molecule has 49 heavy (non-hydrogen) atoms. The minimum Gasteiger partial charge on any atom is -0.494 e. The summed E-state index contributed by atoms with van der Waals surface area (Å²) in [5, 5.41) is 0. The summed E-state index contributed by atoms with van der Waals surface area (Å²) in [5.41, 5.74) is 10.6. The third-order valence-corrected chi connectivity index (χ3v) is 8.53. The van der Waals surface area contributed by atoms with Gasteiger partial charge in [0.1, 0.15) is 5.75 Å². The van der Waals surface area contributed by atoms with E-state index in [1.165, 1.54) is 65.6 Å². The fourth-order valence-electron chi connectivity index (χ4n) is 6.44. The third-order valence-electron chi connectivity index (χ3n) is 8.53. The number of benzene rings is 4. The number of imidazole rings is 2. The Morgan fingerprint density at radius 1 is 0.612 bits per heavy atom. The zero-order valence-electron chi connectivity index (χ0n) is 29.7. The van der Waals surface area contributed by atoms with Crippen molar-refractivity contribution >= 4 is 0 Å². The number of nitrogens with zero attached hydrogens (tertiary/aromatic N) is 4. The van der Waals surface area contributed by atoms with E-state index in [1.54, 1.807) is 0 Å². The van der Waals surface area contributed by atoms with E-state index in [0.29, 0.717) is 0 Å². The Hall–Kier alpha value is -4.25. The van der Waals surface area contributed by atoms with Gasteiger partial charge in [-0.1, -0.05) is 56.7 Å². The van der Waals surface area contributed by atoms with Crippen molar-refractivity contribution in [3.63, 3.8) is 0 Å². The molecule has 6 aromatic rings. The van der Waals surface area contributed by atoms with Crippen molar-refractivity contribution in [1.82, 2.24) is 19.1 Å². The fourth-order valence-corrected chi connectivity index (χ4v) is 6.44. The monoisotopic (exact) mass is 829 g/mol.